The molecule has 1 aromatic heterocycles. The van der Waals surface area contributed by atoms with E-state index in [1.165, 1.54) is 186 Å². The van der Waals surface area contributed by atoms with Crippen molar-refractivity contribution in [1.29, 1.82) is 0 Å². The van der Waals surface area contributed by atoms with Gasteiger partial charge in [-0.15, -0.1) is 0 Å². The van der Waals surface area contributed by atoms with E-state index in [1.54, 1.807) is 0 Å². The predicted molar refractivity (Wildman–Crippen MR) is 156 cm³/mol. The van der Waals surface area contributed by atoms with Crippen molar-refractivity contribution < 1.29 is 4.57 Å². The lowest BCUT2D eigenvalue weighted by atomic mass is 10.0. The molecule has 0 fully saturated rings. The third-order valence-electron chi connectivity index (χ3n) is 7.87. The van der Waals surface area contributed by atoms with E-state index in [1.807, 2.05) is 0 Å². The summed E-state index contributed by atoms with van der Waals surface area (Å²) in [6, 6.07) is 0. The fraction of sp³-hybridized carbons (Fsp3) is 0.909. The summed E-state index contributed by atoms with van der Waals surface area (Å²) in [6.07, 6.45) is 42.9. The molecule has 0 amide bonds. The number of H-pyrrole nitrogens is 1. The van der Waals surface area contributed by atoms with Gasteiger partial charge in [-0.3, -0.25) is 0 Å². The molecule has 0 saturated carbocycles. The van der Waals surface area contributed by atoms with E-state index in [-0.39, 0.29) is 0 Å². The molecule has 1 aromatic rings. The molecule has 2 nitrogen and oxygen atoms in total. The molecule has 1 rings (SSSR count). The smallest absolute Gasteiger partial charge is 0.248 e. The zero-order valence-corrected chi connectivity index (χ0v) is 24.4. The molecule has 0 bridgehead atoms. The third kappa shape index (κ3) is 21.0. The van der Waals surface area contributed by atoms with Gasteiger partial charge < -0.3 is 0 Å². The summed E-state index contributed by atoms with van der Waals surface area (Å²) in [5.41, 5.74) is 0. The number of rotatable bonds is 28. The Hall–Kier alpha value is -0.790. The highest BCUT2D eigenvalue weighted by Crippen LogP contribution is 2.14. The van der Waals surface area contributed by atoms with Gasteiger partial charge in [0.05, 0.1) is 6.54 Å². The number of aromatic nitrogens is 2. The van der Waals surface area contributed by atoms with Crippen molar-refractivity contribution >= 4 is 0 Å². The van der Waals surface area contributed by atoms with E-state index >= 15 is 0 Å². The summed E-state index contributed by atoms with van der Waals surface area (Å²) in [4.78, 5) is 3.51. The van der Waals surface area contributed by atoms with Crippen molar-refractivity contribution in [3.63, 3.8) is 0 Å². The molecule has 206 valence electrons. The predicted octanol–water partition coefficient (Wildman–Crippen LogP) is 11.0. The normalized spacial score (nSPS) is 11.5. The number of aryl methyl sites for hydroxylation is 2. The minimum atomic E-state index is 1.20. The molecule has 0 unspecified atom stereocenters. The molecular weight excluding hydrogens is 424 g/mol. The Kier molecular flexibility index (Phi) is 24.2. The fourth-order valence-electron chi connectivity index (χ4n) is 5.43. The van der Waals surface area contributed by atoms with Gasteiger partial charge in [0.2, 0.25) is 0 Å². The first-order valence-corrected chi connectivity index (χ1v) is 16.4. The zero-order valence-electron chi connectivity index (χ0n) is 24.4. The van der Waals surface area contributed by atoms with Gasteiger partial charge in [0.25, 0.3) is 5.82 Å². The van der Waals surface area contributed by atoms with Crippen molar-refractivity contribution in [2.75, 3.05) is 0 Å². The number of aromatic amines is 1. The summed E-state index contributed by atoms with van der Waals surface area (Å²) in [6.45, 7) is 5.81. The van der Waals surface area contributed by atoms with Gasteiger partial charge in [0.15, 0.2) is 0 Å². The molecule has 0 aliphatic heterocycles. The van der Waals surface area contributed by atoms with Crippen molar-refractivity contribution in [2.24, 2.45) is 0 Å². The number of hydrogen-bond donors (Lipinski definition) is 1. The van der Waals surface area contributed by atoms with Crippen molar-refractivity contribution in [2.45, 2.75) is 194 Å². The van der Waals surface area contributed by atoms with Gasteiger partial charge in [0.1, 0.15) is 12.4 Å². The average Bonchev–Trinajstić information content (AvgIpc) is 3.32. The SMILES string of the molecule is CCCCCCCCCCCCCCCc1[nH]cc[n+]1CCCCCCCCCCCCCCC. The summed E-state index contributed by atoms with van der Waals surface area (Å²) < 4.78 is 2.49. The van der Waals surface area contributed by atoms with Gasteiger partial charge >= 0.3 is 0 Å². The summed E-state index contributed by atoms with van der Waals surface area (Å²) in [5.74, 6) is 1.45. The first kappa shape index (κ1) is 32.2. The lowest BCUT2D eigenvalue weighted by molar-refractivity contribution is -0.703. The van der Waals surface area contributed by atoms with Crippen molar-refractivity contribution in [1.82, 2.24) is 4.98 Å². The number of unbranched alkanes of at least 4 members (excludes halogenated alkanes) is 24. The van der Waals surface area contributed by atoms with Gasteiger partial charge in [-0.1, -0.05) is 162 Å². The minimum Gasteiger partial charge on any atom is -0.248 e. The molecule has 1 N–H and O–H groups in total. The second kappa shape index (κ2) is 26.3. The summed E-state index contributed by atoms with van der Waals surface area (Å²) >= 11 is 0. The van der Waals surface area contributed by atoms with E-state index in [0.29, 0.717) is 0 Å². The first-order valence-electron chi connectivity index (χ1n) is 16.4. The van der Waals surface area contributed by atoms with Crippen LogP contribution in [0.15, 0.2) is 12.4 Å². The largest absolute Gasteiger partial charge is 0.254 e. The van der Waals surface area contributed by atoms with Crippen LogP contribution in [0.4, 0.5) is 0 Å². The molecule has 0 aliphatic carbocycles. The van der Waals surface area contributed by atoms with Crippen LogP contribution in [0.25, 0.3) is 0 Å². The fourth-order valence-corrected chi connectivity index (χ4v) is 5.43. The van der Waals surface area contributed by atoms with E-state index in [4.69, 9.17) is 0 Å². The van der Waals surface area contributed by atoms with Crippen LogP contribution in [0.3, 0.4) is 0 Å². The van der Waals surface area contributed by atoms with Crippen molar-refractivity contribution in [3.8, 4) is 0 Å². The van der Waals surface area contributed by atoms with Crippen LogP contribution in [0.2, 0.25) is 0 Å². The van der Waals surface area contributed by atoms with E-state index < -0.39 is 0 Å². The van der Waals surface area contributed by atoms with Crippen molar-refractivity contribution in [3.05, 3.63) is 18.2 Å². The maximum Gasteiger partial charge on any atom is 0.254 e. The highest BCUT2D eigenvalue weighted by Gasteiger charge is 2.09. The highest BCUT2D eigenvalue weighted by atomic mass is 15.1. The Bertz CT molecular complexity index is 476. The van der Waals surface area contributed by atoms with Crippen LogP contribution in [-0.2, 0) is 13.0 Å². The van der Waals surface area contributed by atoms with Crippen LogP contribution in [0.1, 0.15) is 187 Å². The van der Waals surface area contributed by atoms with Gasteiger partial charge in [-0.05, 0) is 19.3 Å². The molecule has 2 heteroatoms. The summed E-state index contributed by atoms with van der Waals surface area (Å²) in [7, 11) is 0. The monoisotopic (exact) mass is 490 g/mol. The maximum absolute atomic E-state index is 3.51. The second-order valence-electron chi connectivity index (χ2n) is 11.3. The van der Waals surface area contributed by atoms with Crippen LogP contribution >= 0.6 is 0 Å². The molecule has 0 aromatic carbocycles. The van der Waals surface area contributed by atoms with E-state index in [9.17, 15) is 0 Å². The Morgan fingerprint density at radius 3 is 1.20 bits per heavy atom. The van der Waals surface area contributed by atoms with E-state index in [2.05, 4.69) is 35.8 Å². The second-order valence-corrected chi connectivity index (χ2v) is 11.3. The Balaban J connectivity index is 1.87. The van der Waals surface area contributed by atoms with Gasteiger partial charge in [-0.25, -0.2) is 9.55 Å². The Morgan fingerprint density at radius 1 is 0.457 bits per heavy atom. The molecule has 0 saturated heterocycles. The molecule has 0 spiro atoms. The Labute approximate surface area is 221 Å². The van der Waals surface area contributed by atoms with Gasteiger partial charge in [-0.2, -0.15) is 0 Å². The number of imidazole rings is 1. The average molecular weight is 490 g/mol. The molecule has 0 radical (unpaired) electrons. The summed E-state index contributed by atoms with van der Waals surface area (Å²) in [5, 5.41) is 0. The zero-order chi connectivity index (χ0) is 25.1. The molecule has 1 heterocycles. The molecule has 35 heavy (non-hydrogen) atoms. The molecule has 0 atom stereocenters. The quantitative estimate of drug-likeness (QED) is 0.0891. The Morgan fingerprint density at radius 2 is 0.800 bits per heavy atom. The van der Waals surface area contributed by atoms with Crippen LogP contribution in [0, 0.1) is 0 Å². The number of nitrogens with one attached hydrogen (secondary N) is 1. The standard InChI is InChI=1S/C33H64N2/c1-3-5-7-9-11-13-15-17-19-21-23-25-27-29-33-34-30-32-35(33)31-28-26-24-22-20-18-16-14-12-10-8-6-4-2/h30,32H,3-29,31H2,1-2H3/p+1. The van der Waals surface area contributed by atoms with Crippen LogP contribution in [-0.4, -0.2) is 4.98 Å². The van der Waals surface area contributed by atoms with E-state index in [0.717, 1.165) is 0 Å². The first-order chi connectivity index (χ1) is 17.4. The number of nitrogens with zero attached hydrogens (tertiary/aromatic N) is 1. The van der Waals surface area contributed by atoms with Crippen LogP contribution in [0.5, 0.6) is 0 Å². The number of hydrogen-bond acceptors (Lipinski definition) is 0. The maximum atomic E-state index is 3.51. The lowest BCUT2D eigenvalue weighted by Gasteiger charge is -2.04. The highest BCUT2D eigenvalue weighted by molar-refractivity contribution is 4.77. The molecule has 0 aliphatic rings. The minimum absolute atomic E-state index is 1.20. The third-order valence-corrected chi connectivity index (χ3v) is 7.87. The van der Waals surface area contributed by atoms with Crippen LogP contribution < -0.4 is 4.57 Å². The van der Waals surface area contributed by atoms with Gasteiger partial charge in [0, 0.05) is 6.42 Å². The molecular formula is C33H65N2+. The topological polar surface area (TPSA) is 19.7 Å². The lowest BCUT2D eigenvalue weighted by Crippen LogP contribution is -2.36.